The number of carbonyl (C=O) groups excluding carboxylic acids is 1. The van der Waals surface area contributed by atoms with Gasteiger partial charge >= 0.3 is 5.97 Å². The van der Waals surface area contributed by atoms with Gasteiger partial charge in [0.15, 0.2) is 0 Å². The molecular weight excluding hydrogens is 506 g/mol. The molecular formula is C31H33N5O4. The number of hydrogen-bond donors (Lipinski definition) is 2. The maximum atomic E-state index is 12.3. The molecule has 0 aliphatic heterocycles. The minimum atomic E-state index is -0.401. The zero-order valence-corrected chi connectivity index (χ0v) is 23.3. The number of anilines is 1. The molecule has 0 unspecified atom stereocenters. The van der Waals surface area contributed by atoms with Gasteiger partial charge in [-0.3, -0.25) is 0 Å². The van der Waals surface area contributed by atoms with Crippen LogP contribution < -0.4 is 14.8 Å². The minimum absolute atomic E-state index is 0.0481. The van der Waals surface area contributed by atoms with E-state index >= 15 is 0 Å². The van der Waals surface area contributed by atoms with Gasteiger partial charge in [-0.25, -0.2) is 14.8 Å². The quantitative estimate of drug-likeness (QED) is 0.157. The van der Waals surface area contributed by atoms with Crippen LogP contribution in [0.2, 0.25) is 0 Å². The molecule has 40 heavy (non-hydrogen) atoms. The second-order valence-corrected chi connectivity index (χ2v) is 9.53. The third-order valence-corrected chi connectivity index (χ3v) is 6.74. The highest BCUT2D eigenvalue weighted by atomic mass is 16.5. The van der Waals surface area contributed by atoms with Gasteiger partial charge in [-0.05, 0) is 51.1 Å². The number of benzene rings is 2. The van der Waals surface area contributed by atoms with Crippen molar-refractivity contribution < 1.29 is 19.0 Å². The number of H-pyrrole nitrogens is 1. The zero-order valence-electron chi connectivity index (χ0n) is 23.3. The highest BCUT2D eigenvalue weighted by Gasteiger charge is 2.24. The summed E-state index contributed by atoms with van der Waals surface area (Å²) in [4.78, 5) is 25.3. The summed E-state index contributed by atoms with van der Waals surface area (Å²) >= 11 is 0. The Hall–Kier alpha value is -4.79. The van der Waals surface area contributed by atoms with Crippen LogP contribution in [0, 0.1) is 0 Å². The van der Waals surface area contributed by atoms with Crippen molar-refractivity contribution in [1.29, 1.82) is 0 Å². The lowest BCUT2D eigenvalue weighted by Gasteiger charge is -2.13. The van der Waals surface area contributed by atoms with E-state index in [9.17, 15) is 4.79 Å². The van der Waals surface area contributed by atoms with Crippen LogP contribution in [0.25, 0.3) is 39.3 Å². The number of methoxy groups -OCH3 is 2. The number of esters is 1. The molecule has 0 fully saturated rings. The molecule has 0 saturated heterocycles. The highest BCUT2D eigenvalue weighted by molar-refractivity contribution is 6.07. The molecule has 0 bridgehead atoms. The van der Waals surface area contributed by atoms with Gasteiger partial charge in [-0.2, -0.15) is 0 Å². The van der Waals surface area contributed by atoms with Gasteiger partial charge < -0.3 is 29.1 Å². The standard InChI is InChI=1S/C31H33N5O4/c1-6-40-27(37)14-13-25-28(24-15-20-9-7-8-10-23(20)35-24)29-30(33-18-34-31(29)36(25)19(2)3)32-17-21-11-12-22(38-4)16-26(21)39-5/h7-16,18-19,35H,6,17H2,1-5H3,(H,32,33,34)/b14-13+. The fraction of sp³-hybridized carbons (Fsp3) is 0.258. The average Bonchev–Trinajstić information content (AvgIpc) is 3.54. The van der Waals surface area contributed by atoms with Gasteiger partial charge in [-0.15, -0.1) is 0 Å². The maximum absolute atomic E-state index is 12.3. The second-order valence-electron chi connectivity index (χ2n) is 9.53. The lowest BCUT2D eigenvalue weighted by Crippen LogP contribution is -2.06. The summed E-state index contributed by atoms with van der Waals surface area (Å²) in [5.41, 5.74) is 5.34. The first kappa shape index (κ1) is 26.8. The van der Waals surface area contributed by atoms with Crippen LogP contribution in [0.1, 0.15) is 38.1 Å². The topological polar surface area (TPSA) is 103 Å². The average molecular weight is 540 g/mol. The van der Waals surface area contributed by atoms with Crippen molar-refractivity contribution in [3.63, 3.8) is 0 Å². The third-order valence-electron chi connectivity index (χ3n) is 6.74. The summed E-state index contributed by atoms with van der Waals surface area (Å²) in [7, 11) is 3.27. The molecule has 0 aliphatic rings. The summed E-state index contributed by atoms with van der Waals surface area (Å²) in [6.45, 7) is 6.74. The molecule has 0 amide bonds. The van der Waals surface area contributed by atoms with Crippen molar-refractivity contribution in [2.45, 2.75) is 33.4 Å². The van der Waals surface area contributed by atoms with Crippen molar-refractivity contribution in [1.82, 2.24) is 19.5 Å². The predicted octanol–water partition coefficient (Wildman–Crippen LogP) is 6.37. The molecule has 3 heterocycles. The summed E-state index contributed by atoms with van der Waals surface area (Å²) < 4.78 is 18.2. The molecule has 2 aromatic carbocycles. The first-order valence-electron chi connectivity index (χ1n) is 13.2. The van der Waals surface area contributed by atoms with Gasteiger partial charge in [0, 0.05) is 52.5 Å². The van der Waals surface area contributed by atoms with Crippen LogP contribution >= 0.6 is 0 Å². The van der Waals surface area contributed by atoms with Crippen molar-refractivity contribution >= 4 is 39.8 Å². The number of carbonyl (C=O) groups is 1. The van der Waals surface area contributed by atoms with E-state index in [2.05, 4.69) is 45.8 Å². The Morgan fingerprint density at radius 2 is 1.93 bits per heavy atom. The normalized spacial score (nSPS) is 11.6. The van der Waals surface area contributed by atoms with Crippen LogP contribution in [0.5, 0.6) is 11.5 Å². The van der Waals surface area contributed by atoms with E-state index in [0.717, 1.165) is 50.2 Å². The number of ether oxygens (including phenoxy) is 3. The first-order chi connectivity index (χ1) is 19.4. The SMILES string of the molecule is CCOC(=O)/C=C/c1c(-c2cc3ccccc3[nH]2)c2c(NCc3ccc(OC)cc3OC)ncnc2n1C(C)C. The zero-order chi connectivity index (χ0) is 28.2. The Morgan fingerprint density at radius 3 is 2.65 bits per heavy atom. The largest absolute Gasteiger partial charge is 0.497 e. The lowest BCUT2D eigenvalue weighted by molar-refractivity contribution is -0.137. The molecule has 0 aliphatic carbocycles. The number of rotatable bonds is 10. The molecule has 9 heteroatoms. The first-order valence-corrected chi connectivity index (χ1v) is 13.2. The van der Waals surface area contributed by atoms with Crippen molar-refractivity contribution in [2.24, 2.45) is 0 Å². The molecule has 206 valence electrons. The van der Waals surface area contributed by atoms with Crippen LogP contribution in [0.4, 0.5) is 5.82 Å². The predicted molar refractivity (Wildman–Crippen MR) is 158 cm³/mol. The Labute approximate surface area is 232 Å². The van der Waals surface area contributed by atoms with Crippen LogP contribution in [0.15, 0.2) is 60.9 Å². The molecule has 0 radical (unpaired) electrons. The van der Waals surface area contributed by atoms with E-state index in [1.54, 1.807) is 33.5 Å². The highest BCUT2D eigenvalue weighted by Crippen LogP contribution is 2.41. The number of nitrogens with one attached hydrogen (secondary N) is 2. The van der Waals surface area contributed by atoms with Crippen LogP contribution in [0.3, 0.4) is 0 Å². The van der Waals surface area contributed by atoms with E-state index in [1.165, 1.54) is 6.08 Å². The van der Waals surface area contributed by atoms with Gasteiger partial charge in [0.1, 0.15) is 29.3 Å². The fourth-order valence-electron chi connectivity index (χ4n) is 4.97. The Kier molecular flexibility index (Phi) is 7.72. The number of aromatic nitrogens is 4. The number of fused-ring (bicyclic) bond motifs is 2. The molecule has 5 aromatic rings. The molecule has 9 nitrogen and oxygen atoms in total. The van der Waals surface area contributed by atoms with Crippen molar-refractivity contribution in [3.05, 3.63) is 72.2 Å². The van der Waals surface area contributed by atoms with Gasteiger partial charge in [0.2, 0.25) is 0 Å². The summed E-state index contributed by atoms with van der Waals surface area (Å²) in [6.07, 6.45) is 4.82. The van der Waals surface area contributed by atoms with Crippen LogP contribution in [-0.4, -0.2) is 46.3 Å². The van der Waals surface area contributed by atoms with E-state index in [-0.39, 0.29) is 6.04 Å². The number of nitrogens with zero attached hydrogens (tertiary/aromatic N) is 3. The monoisotopic (exact) mass is 539 g/mol. The molecule has 5 rings (SSSR count). The summed E-state index contributed by atoms with van der Waals surface area (Å²) in [5.74, 6) is 1.70. The van der Waals surface area contributed by atoms with E-state index < -0.39 is 5.97 Å². The summed E-state index contributed by atoms with van der Waals surface area (Å²) in [6, 6.07) is 16.0. The fourth-order valence-corrected chi connectivity index (χ4v) is 4.97. The molecule has 0 atom stereocenters. The molecule has 0 saturated carbocycles. The number of aromatic amines is 1. The van der Waals surface area contributed by atoms with E-state index in [0.29, 0.717) is 24.7 Å². The minimum Gasteiger partial charge on any atom is -0.497 e. The number of hydrogen-bond acceptors (Lipinski definition) is 7. The van der Waals surface area contributed by atoms with Crippen molar-refractivity contribution in [3.8, 4) is 22.8 Å². The maximum Gasteiger partial charge on any atom is 0.330 e. The summed E-state index contributed by atoms with van der Waals surface area (Å²) in [5, 5.41) is 5.44. The van der Waals surface area contributed by atoms with E-state index in [1.807, 2.05) is 36.4 Å². The van der Waals surface area contributed by atoms with Gasteiger partial charge in [0.25, 0.3) is 0 Å². The smallest absolute Gasteiger partial charge is 0.330 e. The molecule has 0 spiro atoms. The van der Waals surface area contributed by atoms with Gasteiger partial charge in [-0.1, -0.05) is 18.2 Å². The van der Waals surface area contributed by atoms with E-state index in [4.69, 9.17) is 19.2 Å². The Bertz CT molecular complexity index is 1670. The van der Waals surface area contributed by atoms with Gasteiger partial charge in [0.05, 0.1) is 31.9 Å². The van der Waals surface area contributed by atoms with Crippen LogP contribution in [-0.2, 0) is 16.1 Å². The molecule has 2 N–H and O–H groups in total. The lowest BCUT2D eigenvalue weighted by atomic mass is 10.1. The Balaban J connectivity index is 1.70. The Morgan fingerprint density at radius 1 is 1.10 bits per heavy atom. The third kappa shape index (κ3) is 5.10. The second kappa shape index (κ2) is 11.5. The number of para-hydroxylation sites is 1. The molecule has 3 aromatic heterocycles. The van der Waals surface area contributed by atoms with Crippen molar-refractivity contribution in [2.75, 3.05) is 26.1 Å².